The van der Waals surface area contributed by atoms with Gasteiger partial charge in [-0.2, -0.15) is 0 Å². The lowest BCUT2D eigenvalue weighted by molar-refractivity contribution is 0.411. The second-order valence-corrected chi connectivity index (χ2v) is 4.88. The Hall–Kier alpha value is -0.180. The van der Waals surface area contributed by atoms with Gasteiger partial charge in [0, 0.05) is 16.5 Å². The van der Waals surface area contributed by atoms with E-state index in [1.165, 1.54) is 18.5 Å². The molecule has 1 nitrogen and oxygen atoms in total. The van der Waals surface area contributed by atoms with E-state index in [1.54, 1.807) is 0 Å². The molecule has 1 aromatic rings. The standard InChI is InChI=1S/C11H14ClNS/c1-13-5-4-8(7-13)10-3-2-9(14)6-11(10)12/h2-3,6,8,14H,4-5,7H2,1H3/t8-/m0/s1. The quantitative estimate of drug-likeness (QED) is 0.722. The number of nitrogens with zero attached hydrogens (tertiary/aromatic N) is 1. The number of thiol groups is 1. The Kier molecular flexibility index (Phi) is 3.05. The number of benzene rings is 1. The van der Waals surface area contributed by atoms with Crippen molar-refractivity contribution in [2.75, 3.05) is 20.1 Å². The summed E-state index contributed by atoms with van der Waals surface area (Å²) >= 11 is 10.5. The third-order valence-electron chi connectivity index (χ3n) is 2.82. The minimum absolute atomic E-state index is 0.599. The van der Waals surface area contributed by atoms with Crippen LogP contribution in [-0.2, 0) is 0 Å². The first-order chi connectivity index (χ1) is 6.66. The molecule has 0 amide bonds. The van der Waals surface area contributed by atoms with E-state index in [-0.39, 0.29) is 0 Å². The average molecular weight is 228 g/mol. The highest BCUT2D eigenvalue weighted by atomic mass is 35.5. The number of rotatable bonds is 1. The summed E-state index contributed by atoms with van der Waals surface area (Å²) in [6.45, 7) is 2.29. The minimum Gasteiger partial charge on any atom is -0.306 e. The van der Waals surface area contributed by atoms with Crippen LogP contribution < -0.4 is 0 Å². The van der Waals surface area contributed by atoms with Crippen LogP contribution in [0.5, 0.6) is 0 Å². The summed E-state index contributed by atoms with van der Waals surface area (Å²) in [6.07, 6.45) is 1.21. The van der Waals surface area contributed by atoms with Crippen LogP contribution in [0.1, 0.15) is 17.9 Å². The van der Waals surface area contributed by atoms with Gasteiger partial charge in [-0.1, -0.05) is 17.7 Å². The van der Waals surface area contributed by atoms with E-state index in [2.05, 4.69) is 30.6 Å². The van der Waals surface area contributed by atoms with Gasteiger partial charge in [-0.3, -0.25) is 0 Å². The molecule has 1 atom stereocenters. The van der Waals surface area contributed by atoms with E-state index in [4.69, 9.17) is 11.6 Å². The molecule has 1 fully saturated rings. The van der Waals surface area contributed by atoms with Crippen molar-refractivity contribution in [2.45, 2.75) is 17.2 Å². The van der Waals surface area contributed by atoms with Gasteiger partial charge in [0.1, 0.15) is 0 Å². The Bertz CT molecular complexity index is 340. The van der Waals surface area contributed by atoms with Gasteiger partial charge in [-0.15, -0.1) is 12.6 Å². The highest BCUT2D eigenvalue weighted by Crippen LogP contribution is 2.32. The monoisotopic (exact) mass is 227 g/mol. The molecule has 0 N–H and O–H groups in total. The molecule has 0 saturated carbocycles. The van der Waals surface area contributed by atoms with Gasteiger partial charge < -0.3 is 4.90 Å². The van der Waals surface area contributed by atoms with Crippen LogP contribution in [0.3, 0.4) is 0 Å². The molecular formula is C11H14ClNS. The molecule has 0 aromatic heterocycles. The zero-order valence-electron chi connectivity index (χ0n) is 8.20. The number of likely N-dealkylation sites (N-methyl/N-ethyl adjacent to an activating group) is 1. The largest absolute Gasteiger partial charge is 0.306 e. The van der Waals surface area contributed by atoms with Crippen molar-refractivity contribution >= 4 is 24.2 Å². The molecule has 1 aliphatic rings. The first-order valence-corrected chi connectivity index (χ1v) is 5.66. The van der Waals surface area contributed by atoms with Gasteiger partial charge in [-0.25, -0.2) is 0 Å². The molecule has 1 saturated heterocycles. The van der Waals surface area contributed by atoms with E-state index < -0.39 is 0 Å². The van der Waals surface area contributed by atoms with Crippen LogP contribution in [-0.4, -0.2) is 25.0 Å². The highest BCUT2D eigenvalue weighted by Gasteiger charge is 2.22. The summed E-state index contributed by atoms with van der Waals surface area (Å²) < 4.78 is 0. The molecule has 0 radical (unpaired) electrons. The fourth-order valence-electron chi connectivity index (χ4n) is 2.04. The topological polar surface area (TPSA) is 3.24 Å². The molecule has 3 heteroatoms. The Balaban J connectivity index is 2.24. The van der Waals surface area contributed by atoms with E-state index in [1.807, 2.05) is 12.1 Å². The molecule has 76 valence electrons. The van der Waals surface area contributed by atoms with E-state index >= 15 is 0 Å². The van der Waals surface area contributed by atoms with E-state index in [0.717, 1.165) is 16.5 Å². The predicted molar refractivity (Wildman–Crippen MR) is 63.6 cm³/mol. The number of hydrogen-bond donors (Lipinski definition) is 1. The third kappa shape index (κ3) is 2.08. The fourth-order valence-corrected chi connectivity index (χ4v) is 2.65. The van der Waals surface area contributed by atoms with Gasteiger partial charge in [0.05, 0.1) is 0 Å². The first kappa shape index (κ1) is 10.3. The predicted octanol–water partition coefficient (Wildman–Crippen LogP) is 3.05. The summed E-state index contributed by atoms with van der Waals surface area (Å²) in [4.78, 5) is 3.28. The summed E-state index contributed by atoms with van der Waals surface area (Å²) in [7, 11) is 2.15. The van der Waals surface area contributed by atoms with Gasteiger partial charge >= 0.3 is 0 Å². The van der Waals surface area contributed by atoms with Crippen molar-refractivity contribution in [1.29, 1.82) is 0 Å². The van der Waals surface area contributed by atoms with Gasteiger partial charge in [0.2, 0.25) is 0 Å². The van der Waals surface area contributed by atoms with E-state index in [0.29, 0.717) is 5.92 Å². The smallest absolute Gasteiger partial charge is 0.0452 e. The third-order valence-corrected chi connectivity index (χ3v) is 3.42. The molecule has 14 heavy (non-hydrogen) atoms. The zero-order valence-corrected chi connectivity index (χ0v) is 9.85. The molecule has 1 aromatic carbocycles. The van der Waals surface area contributed by atoms with Crippen molar-refractivity contribution in [1.82, 2.24) is 4.90 Å². The van der Waals surface area contributed by atoms with Gasteiger partial charge in [-0.05, 0) is 43.6 Å². The second kappa shape index (κ2) is 4.13. The van der Waals surface area contributed by atoms with Crippen LogP contribution in [0.15, 0.2) is 23.1 Å². The molecular weight excluding hydrogens is 214 g/mol. The van der Waals surface area contributed by atoms with Crippen LogP contribution in [0, 0.1) is 0 Å². The Labute approximate surface area is 95.5 Å². The van der Waals surface area contributed by atoms with Crippen molar-refractivity contribution in [3.05, 3.63) is 28.8 Å². The summed E-state index contributed by atoms with van der Waals surface area (Å²) in [5.74, 6) is 0.599. The van der Waals surface area contributed by atoms with Crippen molar-refractivity contribution in [2.24, 2.45) is 0 Å². The van der Waals surface area contributed by atoms with E-state index in [9.17, 15) is 0 Å². The first-order valence-electron chi connectivity index (χ1n) is 4.84. The minimum atomic E-state index is 0.599. The lowest BCUT2D eigenvalue weighted by Gasteiger charge is -2.12. The average Bonchev–Trinajstić information content (AvgIpc) is 2.51. The summed E-state index contributed by atoms with van der Waals surface area (Å²) in [5, 5.41) is 0.859. The maximum Gasteiger partial charge on any atom is 0.0452 e. The Morgan fingerprint density at radius 3 is 2.86 bits per heavy atom. The van der Waals surface area contributed by atoms with Crippen molar-refractivity contribution < 1.29 is 0 Å². The van der Waals surface area contributed by atoms with Gasteiger partial charge in [0.25, 0.3) is 0 Å². The van der Waals surface area contributed by atoms with Crippen LogP contribution in [0.25, 0.3) is 0 Å². The molecule has 0 unspecified atom stereocenters. The maximum atomic E-state index is 6.19. The Morgan fingerprint density at radius 1 is 1.50 bits per heavy atom. The summed E-state index contributed by atoms with van der Waals surface area (Å²) in [6, 6.07) is 6.05. The Morgan fingerprint density at radius 2 is 2.29 bits per heavy atom. The van der Waals surface area contributed by atoms with Crippen molar-refractivity contribution in [3.8, 4) is 0 Å². The van der Waals surface area contributed by atoms with Gasteiger partial charge in [0.15, 0.2) is 0 Å². The molecule has 2 rings (SSSR count). The van der Waals surface area contributed by atoms with Crippen molar-refractivity contribution in [3.63, 3.8) is 0 Å². The SMILES string of the molecule is CN1CC[C@H](c2ccc(S)cc2Cl)C1. The van der Waals surface area contributed by atoms with Crippen LogP contribution in [0.4, 0.5) is 0 Å². The van der Waals surface area contributed by atoms with Crippen LogP contribution in [0.2, 0.25) is 5.02 Å². The molecule has 0 aliphatic carbocycles. The normalized spacial score (nSPS) is 22.9. The highest BCUT2D eigenvalue weighted by molar-refractivity contribution is 7.80. The number of halogens is 1. The molecule has 1 heterocycles. The van der Waals surface area contributed by atoms with Crippen LogP contribution >= 0.6 is 24.2 Å². The number of likely N-dealkylation sites (tertiary alicyclic amines) is 1. The lowest BCUT2D eigenvalue weighted by Crippen LogP contribution is -2.13. The lowest BCUT2D eigenvalue weighted by atomic mass is 9.98. The number of hydrogen-bond acceptors (Lipinski definition) is 2. The fraction of sp³-hybridized carbons (Fsp3) is 0.455. The summed E-state index contributed by atoms with van der Waals surface area (Å²) in [5.41, 5.74) is 1.27. The second-order valence-electron chi connectivity index (χ2n) is 3.95. The maximum absolute atomic E-state index is 6.19. The molecule has 1 aliphatic heterocycles. The molecule has 0 bridgehead atoms. The molecule has 0 spiro atoms. The zero-order chi connectivity index (χ0) is 10.1.